The van der Waals surface area contributed by atoms with Gasteiger partial charge >= 0.3 is 0 Å². The van der Waals surface area contributed by atoms with Crippen molar-refractivity contribution < 1.29 is 0 Å². The van der Waals surface area contributed by atoms with Crippen LogP contribution in [0.15, 0.2) is 24.3 Å². The minimum absolute atomic E-state index is 0.179. The first-order valence-electron chi connectivity index (χ1n) is 7.18. The number of hydrogen-bond donors (Lipinski definition) is 1. The number of nitrogens with two attached hydrogens (primary N) is 1. The fraction of sp³-hybridized carbons (Fsp3) is 0.625. The second-order valence-corrected chi connectivity index (χ2v) is 6.58. The van der Waals surface area contributed by atoms with E-state index in [1.807, 2.05) is 0 Å². The Hall–Kier alpha value is -1.06. The molecule has 2 rings (SSSR count). The molecule has 1 heterocycles. The van der Waals surface area contributed by atoms with Gasteiger partial charge in [0.05, 0.1) is 0 Å². The average molecular weight is 261 g/mol. The highest BCUT2D eigenvalue weighted by Gasteiger charge is 2.26. The first kappa shape index (κ1) is 14.4. The van der Waals surface area contributed by atoms with Gasteiger partial charge in [0, 0.05) is 37.9 Å². The second kappa shape index (κ2) is 5.51. The normalized spacial score (nSPS) is 21.7. The van der Waals surface area contributed by atoms with Gasteiger partial charge < -0.3 is 10.6 Å². The van der Waals surface area contributed by atoms with E-state index < -0.39 is 0 Å². The summed E-state index contributed by atoms with van der Waals surface area (Å²) in [5.74, 6) is 0. The Balaban J connectivity index is 2.27. The lowest BCUT2D eigenvalue weighted by Gasteiger charge is -2.42. The summed E-state index contributed by atoms with van der Waals surface area (Å²) in [4.78, 5) is 4.87. The lowest BCUT2D eigenvalue weighted by Crippen LogP contribution is -2.54. The van der Waals surface area contributed by atoms with E-state index in [4.69, 9.17) is 5.73 Å². The molecular formula is C16H27N3. The maximum Gasteiger partial charge on any atom is 0.0405 e. The predicted molar refractivity (Wildman–Crippen MR) is 82.8 cm³/mol. The molecule has 0 radical (unpaired) electrons. The molecule has 0 saturated carbocycles. The molecule has 1 aliphatic heterocycles. The van der Waals surface area contributed by atoms with Gasteiger partial charge in [0.25, 0.3) is 0 Å². The van der Waals surface area contributed by atoms with Crippen molar-refractivity contribution >= 4 is 5.69 Å². The van der Waals surface area contributed by atoms with E-state index in [-0.39, 0.29) is 5.41 Å². The van der Waals surface area contributed by atoms with E-state index in [2.05, 4.69) is 61.9 Å². The zero-order valence-electron chi connectivity index (χ0n) is 12.7. The van der Waals surface area contributed by atoms with Crippen LogP contribution in [0.1, 0.15) is 26.3 Å². The summed E-state index contributed by atoms with van der Waals surface area (Å²) in [6.07, 6.45) is 0. The third kappa shape index (κ3) is 3.10. The third-order valence-corrected chi connectivity index (χ3v) is 4.10. The number of nitrogens with zero attached hydrogens (tertiary/aromatic N) is 2. The Kier molecular flexibility index (Phi) is 4.16. The largest absolute Gasteiger partial charge is 0.368 e. The van der Waals surface area contributed by atoms with Crippen LogP contribution >= 0.6 is 0 Å². The van der Waals surface area contributed by atoms with Crippen molar-refractivity contribution in [1.82, 2.24) is 4.90 Å². The molecule has 1 aromatic rings. The van der Waals surface area contributed by atoms with Crippen LogP contribution in [0.4, 0.5) is 5.69 Å². The predicted octanol–water partition coefficient (Wildman–Crippen LogP) is 2.06. The number of hydrogen-bond acceptors (Lipinski definition) is 3. The smallest absolute Gasteiger partial charge is 0.0405 e. The fourth-order valence-electron chi connectivity index (χ4n) is 2.80. The number of likely N-dealkylation sites (N-methyl/N-ethyl adjacent to an activating group) is 1. The molecule has 1 aliphatic rings. The monoisotopic (exact) mass is 261 g/mol. The Morgan fingerprint density at radius 1 is 1.21 bits per heavy atom. The highest BCUT2D eigenvalue weighted by molar-refractivity contribution is 5.56. The van der Waals surface area contributed by atoms with Crippen molar-refractivity contribution in [1.29, 1.82) is 0 Å². The standard InChI is InChI=1S/C16H27N3/c1-16(2,3)14-7-5-6-8-15(14)19-10-9-18(4)13(11-17)12-19/h5-8,13H,9-12,17H2,1-4H3. The molecule has 1 unspecified atom stereocenters. The maximum atomic E-state index is 5.89. The minimum Gasteiger partial charge on any atom is -0.368 e. The van der Waals surface area contributed by atoms with Crippen LogP contribution in [0.25, 0.3) is 0 Å². The molecule has 0 aromatic heterocycles. The summed E-state index contributed by atoms with van der Waals surface area (Å²) >= 11 is 0. The highest BCUT2D eigenvalue weighted by atomic mass is 15.3. The number of benzene rings is 1. The first-order valence-corrected chi connectivity index (χ1v) is 7.18. The van der Waals surface area contributed by atoms with E-state index in [0.717, 1.165) is 26.2 Å². The first-order chi connectivity index (χ1) is 8.93. The molecular weight excluding hydrogens is 234 g/mol. The molecule has 3 nitrogen and oxygen atoms in total. The zero-order chi connectivity index (χ0) is 14.0. The van der Waals surface area contributed by atoms with Crippen molar-refractivity contribution in [3.63, 3.8) is 0 Å². The van der Waals surface area contributed by atoms with E-state index in [1.54, 1.807) is 0 Å². The highest BCUT2D eigenvalue weighted by Crippen LogP contribution is 2.32. The SMILES string of the molecule is CN1CCN(c2ccccc2C(C)(C)C)CC1CN. The summed E-state index contributed by atoms with van der Waals surface area (Å²) in [6, 6.07) is 9.24. The van der Waals surface area contributed by atoms with Gasteiger partial charge in [0.15, 0.2) is 0 Å². The summed E-state index contributed by atoms with van der Waals surface area (Å²) in [5, 5.41) is 0. The van der Waals surface area contributed by atoms with E-state index in [1.165, 1.54) is 11.3 Å². The van der Waals surface area contributed by atoms with Gasteiger partial charge in [-0.3, -0.25) is 4.90 Å². The fourth-order valence-corrected chi connectivity index (χ4v) is 2.80. The van der Waals surface area contributed by atoms with Gasteiger partial charge in [-0.25, -0.2) is 0 Å². The van der Waals surface area contributed by atoms with Gasteiger partial charge in [-0.1, -0.05) is 39.0 Å². The summed E-state index contributed by atoms with van der Waals surface area (Å²) in [5.41, 5.74) is 8.87. The average Bonchev–Trinajstić information content (AvgIpc) is 2.38. The van der Waals surface area contributed by atoms with Gasteiger partial charge in [-0.05, 0) is 24.1 Å². The molecule has 0 spiro atoms. The molecule has 19 heavy (non-hydrogen) atoms. The molecule has 1 saturated heterocycles. The van der Waals surface area contributed by atoms with Gasteiger partial charge in [0.2, 0.25) is 0 Å². The molecule has 0 aliphatic carbocycles. The third-order valence-electron chi connectivity index (χ3n) is 4.10. The quantitative estimate of drug-likeness (QED) is 0.884. The van der Waals surface area contributed by atoms with Crippen LogP contribution in [0.2, 0.25) is 0 Å². The van der Waals surface area contributed by atoms with Gasteiger partial charge in [-0.2, -0.15) is 0 Å². The van der Waals surface area contributed by atoms with Gasteiger partial charge in [0.1, 0.15) is 0 Å². The van der Waals surface area contributed by atoms with Crippen LogP contribution in [0.3, 0.4) is 0 Å². The van der Waals surface area contributed by atoms with Crippen LogP contribution in [-0.2, 0) is 5.41 Å². The Bertz CT molecular complexity index is 422. The molecule has 0 bridgehead atoms. The Morgan fingerprint density at radius 2 is 1.89 bits per heavy atom. The van der Waals surface area contributed by atoms with E-state index in [9.17, 15) is 0 Å². The number of anilines is 1. The van der Waals surface area contributed by atoms with Crippen LogP contribution in [-0.4, -0.2) is 44.2 Å². The second-order valence-electron chi connectivity index (χ2n) is 6.58. The molecule has 1 aromatic carbocycles. The molecule has 0 amide bonds. The van der Waals surface area contributed by atoms with Crippen molar-refractivity contribution in [2.45, 2.75) is 32.2 Å². The topological polar surface area (TPSA) is 32.5 Å². The van der Waals surface area contributed by atoms with Crippen LogP contribution < -0.4 is 10.6 Å². The number of para-hydroxylation sites is 1. The summed E-state index contributed by atoms with van der Waals surface area (Å²) in [6.45, 7) is 10.8. The maximum absolute atomic E-state index is 5.89. The van der Waals surface area contributed by atoms with Crippen molar-refractivity contribution in [3.05, 3.63) is 29.8 Å². The summed E-state index contributed by atoms with van der Waals surface area (Å²) < 4.78 is 0. The molecule has 3 heteroatoms. The Morgan fingerprint density at radius 3 is 2.53 bits per heavy atom. The van der Waals surface area contributed by atoms with E-state index in [0.29, 0.717) is 6.04 Å². The lowest BCUT2D eigenvalue weighted by molar-refractivity contribution is 0.223. The molecule has 1 fully saturated rings. The van der Waals surface area contributed by atoms with E-state index >= 15 is 0 Å². The number of piperazine rings is 1. The van der Waals surface area contributed by atoms with Gasteiger partial charge in [-0.15, -0.1) is 0 Å². The zero-order valence-corrected chi connectivity index (χ0v) is 12.7. The Labute approximate surface area is 117 Å². The minimum atomic E-state index is 0.179. The van der Waals surface area contributed by atoms with Crippen LogP contribution in [0, 0.1) is 0 Å². The number of rotatable bonds is 2. The molecule has 1 atom stereocenters. The van der Waals surface area contributed by atoms with Crippen LogP contribution in [0.5, 0.6) is 0 Å². The summed E-state index contributed by atoms with van der Waals surface area (Å²) in [7, 11) is 2.17. The molecule has 106 valence electrons. The lowest BCUT2D eigenvalue weighted by atomic mass is 9.85. The van der Waals surface area contributed by atoms with Crippen molar-refractivity contribution in [2.24, 2.45) is 5.73 Å². The van der Waals surface area contributed by atoms with Crippen molar-refractivity contribution in [2.75, 3.05) is 38.1 Å². The molecule has 2 N–H and O–H groups in total. The van der Waals surface area contributed by atoms with Crippen molar-refractivity contribution in [3.8, 4) is 0 Å².